The van der Waals surface area contributed by atoms with Gasteiger partial charge in [0, 0.05) is 12.1 Å². The van der Waals surface area contributed by atoms with E-state index in [-0.39, 0.29) is 23.7 Å². The molecular formula is C16H25N3O2. The third-order valence-corrected chi connectivity index (χ3v) is 3.26. The van der Waals surface area contributed by atoms with Crippen molar-refractivity contribution in [2.75, 3.05) is 13.1 Å². The van der Waals surface area contributed by atoms with Crippen molar-refractivity contribution in [1.82, 2.24) is 4.90 Å². The normalized spacial score (nSPS) is 12.3. The number of amides is 1. The number of benzene rings is 1. The Hall–Kier alpha value is -2.04. The van der Waals surface area contributed by atoms with Gasteiger partial charge in [-0.15, -0.1) is 0 Å². The van der Waals surface area contributed by atoms with Gasteiger partial charge in [0.2, 0.25) is 0 Å². The van der Waals surface area contributed by atoms with E-state index < -0.39 is 0 Å². The highest BCUT2D eigenvalue weighted by molar-refractivity contribution is 5.97. The standard InChI is InChI=1S/C16H25N3O2/c1-5-10-19(11-14(17)18-21)15(20)12-6-8-13(9-7-12)16(2,3)4/h6-9,21H,5,10-11H2,1-4H3,(H2,17,18). The van der Waals surface area contributed by atoms with E-state index in [0.29, 0.717) is 12.1 Å². The number of carbonyl (C=O) groups is 1. The molecule has 1 amide bonds. The number of oxime groups is 1. The Morgan fingerprint density at radius 1 is 1.29 bits per heavy atom. The lowest BCUT2D eigenvalue weighted by atomic mass is 9.86. The number of hydrogen-bond acceptors (Lipinski definition) is 3. The molecule has 0 heterocycles. The summed E-state index contributed by atoms with van der Waals surface area (Å²) in [6.45, 7) is 9.07. The minimum absolute atomic E-state index is 0.0307. The fourth-order valence-corrected chi connectivity index (χ4v) is 2.04. The van der Waals surface area contributed by atoms with Gasteiger partial charge in [0.1, 0.15) is 0 Å². The van der Waals surface area contributed by atoms with Crippen LogP contribution >= 0.6 is 0 Å². The average molecular weight is 291 g/mol. The minimum Gasteiger partial charge on any atom is -0.409 e. The number of carbonyl (C=O) groups excluding carboxylic acids is 1. The molecule has 21 heavy (non-hydrogen) atoms. The average Bonchev–Trinajstić information content (AvgIpc) is 2.45. The molecule has 1 aromatic rings. The molecule has 0 bridgehead atoms. The first-order valence-electron chi connectivity index (χ1n) is 7.15. The van der Waals surface area contributed by atoms with Gasteiger partial charge in [0.15, 0.2) is 5.84 Å². The van der Waals surface area contributed by atoms with Gasteiger partial charge in [0.05, 0.1) is 6.54 Å². The minimum atomic E-state index is -0.107. The van der Waals surface area contributed by atoms with Crippen LogP contribution in [0.15, 0.2) is 29.4 Å². The molecule has 116 valence electrons. The SMILES string of the molecule is CCCN(CC(N)=NO)C(=O)c1ccc(C(C)(C)C)cc1. The van der Waals surface area contributed by atoms with E-state index in [2.05, 4.69) is 25.9 Å². The molecule has 0 saturated heterocycles. The molecule has 1 aromatic carbocycles. The smallest absolute Gasteiger partial charge is 0.254 e. The monoisotopic (exact) mass is 291 g/mol. The van der Waals surface area contributed by atoms with Gasteiger partial charge in [-0.2, -0.15) is 0 Å². The van der Waals surface area contributed by atoms with E-state index in [1.807, 2.05) is 31.2 Å². The van der Waals surface area contributed by atoms with Crippen LogP contribution in [-0.4, -0.2) is 34.9 Å². The predicted octanol–water partition coefficient (Wildman–Crippen LogP) is 2.58. The van der Waals surface area contributed by atoms with Crippen molar-refractivity contribution >= 4 is 11.7 Å². The van der Waals surface area contributed by atoms with Gasteiger partial charge in [-0.25, -0.2) is 0 Å². The Morgan fingerprint density at radius 2 is 1.86 bits per heavy atom. The van der Waals surface area contributed by atoms with Gasteiger partial charge >= 0.3 is 0 Å². The largest absolute Gasteiger partial charge is 0.409 e. The van der Waals surface area contributed by atoms with Crippen LogP contribution in [0.25, 0.3) is 0 Å². The summed E-state index contributed by atoms with van der Waals surface area (Å²) in [4.78, 5) is 14.1. The second-order valence-corrected chi connectivity index (χ2v) is 6.15. The Balaban J connectivity index is 2.93. The van der Waals surface area contributed by atoms with Crippen molar-refractivity contribution in [3.8, 4) is 0 Å². The Labute approximate surface area is 126 Å². The van der Waals surface area contributed by atoms with E-state index in [4.69, 9.17) is 10.9 Å². The lowest BCUT2D eigenvalue weighted by molar-refractivity contribution is 0.0778. The lowest BCUT2D eigenvalue weighted by Crippen LogP contribution is -2.39. The van der Waals surface area contributed by atoms with Gasteiger partial charge < -0.3 is 15.8 Å². The first-order chi connectivity index (χ1) is 9.79. The molecule has 5 nitrogen and oxygen atoms in total. The summed E-state index contributed by atoms with van der Waals surface area (Å²) < 4.78 is 0. The summed E-state index contributed by atoms with van der Waals surface area (Å²) in [7, 11) is 0. The summed E-state index contributed by atoms with van der Waals surface area (Å²) in [5.74, 6) is -0.0768. The van der Waals surface area contributed by atoms with E-state index in [9.17, 15) is 4.79 Å². The second-order valence-electron chi connectivity index (χ2n) is 6.15. The number of amidine groups is 1. The number of rotatable bonds is 5. The molecule has 5 heteroatoms. The fraction of sp³-hybridized carbons (Fsp3) is 0.500. The summed E-state index contributed by atoms with van der Waals surface area (Å²) in [6.07, 6.45) is 0.810. The van der Waals surface area contributed by atoms with Crippen molar-refractivity contribution in [1.29, 1.82) is 0 Å². The highest BCUT2D eigenvalue weighted by atomic mass is 16.4. The first-order valence-corrected chi connectivity index (χ1v) is 7.15. The highest BCUT2D eigenvalue weighted by Gasteiger charge is 2.18. The number of nitrogens with zero attached hydrogens (tertiary/aromatic N) is 2. The van der Waals surface area contributed by atoms with Crippen LogP contribution in [-0.2, 0) is 5.41 Å². The highest BCUT2D eigenvalue weighted by Crippen LogP contribution is 2.22. The molecule has 0 aliphatic heterocycles. The van der Waals surface area contributed by atoms with Crippen LogP contribution in [0.1, 0.15) is 50.0 Å². The van der Waals surface area contributed by atoms with Crippen LogP contribution < -0.4 is 5.73 Å². The van der Waals surface area contributed by atoms with Crippen molar-refractivity contribution < 1.29 is 10.0 Å². The molecule has 0 aromatic heterocycles. The van der Waals surface area contributed by atoms with E-state index >= 15 is 0 Å². The molecule has 1 rings (SSSR count). The Kier molecular flexibility index (Phi) is 5.76. The zero-order valence-corrected chi connectivity index (χ0v) is 13.3. The van der Waals surface area contributed by atoms with Crippen LogP contribution in [0.2, 0.25) is 0 Å². The third-order valence-electron chi connectivity index (χ3n) is 3.26. The topological polar surface area (TPSA) is 78.9 Å². The van der Waals surface area contributed by atoms with Gasteiger partial charge in [-0.3, -0.25) is 4.79 Å². The zero-order valence-electron chi connectivity index (χ0n) is 13.3. The van der Waals surface area contributed by atoms with Crippen LogP contribution in [0, 0.1) is 0 Å². The first kappa shape index (κ1) is 17.0. The van der Waals surface area contributed by atoms with E-state index in [0.717, 1.165) is 6.42 Å². The Morgan fingerprint density at radius 3 is 2.29 bits per heavy atom. The molecule has 0 fully saturated rings. The molecule has 0 aliphatic rings. The molecule has 0 radical (unpaired) electrons. The fourth-order valence-electron chi connectivity index (χ4n) is 2.04. The van der Waals surface area contributed by atoms with Crippen molar-refractivity contribution in [3.05, 3.63) is 35.4 Å². The zero-order chi connectivity index (χ0) is 16.0. The summed E-state index contributed by atoms with van der Waals surface area (Å²) in [6, 6.07) is 7.61. The van der Waals surface area contributed by atoms with Crippen LogP contribution in [0.3, 0.4) is 0 Å². The maximum Gasteiger partial charge on any atom is 0.254 e. The third kappa shape index (κ3) is 4.77. The maximum atomic E-state index is 12.5. The molecule has 0 spiro atoms. The second kappa shape index (κ2) is 7.11. The van der Waals surface area contributed by atoms with Gasteiger partial charge in [-0.05, 0) is 29.5 Å². The van der Waals surface area contributed by atoms with Crippen LogP contribution in [0.4, 0.5) is 0 Å². The molecule has 0 unspecified atom stereocenters. The van der Waals surface area contributed by atoms with Crippen LogP contribution in [0.5, 0.6) is 0 Å². The van der Waals surface area contributed by atoms with E-state index in [1.54, 1.807) is 4.90 Å². The van der Waals surface area contributed by atoms with Crippen molar-refractivity contribution in [2.24, 2.45) is 10.9 Å². The van der Waals surface area contributed by atoms with E-state index in [1.165, 1.54) is 5.56 Å². The molecular weight excluding hydrogens is 266 g/mol. The molecule has 0 atom stereocenters. The summed E-state index contributed by atoms with van der Waals surface area (Å²) in [5, 5.41) is 11.6. The predicted molar refractivity (Wildman–Crippen MR) is 84.7 cm³/mol. The lowest BCUT2D eigenvalue weighted by Gasteiger charge is -2.23. The quantitative estimate of drug-likeness (QED) is 0.379. The maximum absolute atomic E-state index is 12.5. The Bertz CT molecular complexity index is 501. The van der Waals surface area contributed by atoms with Gasteiger partial charge in [-0.1, -0.05) is 45.0 Å². The van der Waals surface area contributed by atoms with Gasteiger partial charge in [0.25, 0.3) is 5.91 Å². The number of hydrogen-bond donors (Lipinski definition) is 2. The molecule has 3 N–H and O–H groups in total. The summed E-state index contributed by atoms with van der Waals surface area (Å²) >= 11 is 0. The summed E-state index contributed by atoms with van der Waals surface area (Å²) in [5.41, 5.74) is 7.35. The van der Waals surface area contributed by atoms with Crippen molar-refractivity contribution in [2.45, 2.75) is 39.5 Å². The van der Waals surface area contributed by atoms with Crippen molar-refractivity contribution in [3.63, 3.8) is 0 Å². The molecule has 0 saturated carbocycles. The number of nitrogens with two attached hydrogens (primary N) is 1. The molecule has 0 aliphatic carbocycles.